The minimum Gasteiger partial charge on any atom is -0.385 e. The van der Waals surface area contributed by atoms with Crippen molar-refractivity contribution < 1.29 is 9.13 Å². The first-order valence-corrected chi connectivity index (χ1v) is 6.36. The van der Waals surface area contributed by atoms with Gasteiger partial charge in [0.1, 0.15) is 5.82 Å². The molecule has 1 aromatic rings. The van der Waals surface area contributed by atoms with E-state index < -0.39 is 0 Å². The Balaban J connectivity index is 2.76. The molecule has 0 amide bonds. The van der Waals surface area contributed by atoms with E-state index in [9.17, 15) is 4.39 Å². The van der Waals surface area contributed by atoms with E-state index in [0.29, 0.717) is 17.6 Å². The van der Waals surface area contributed by atoms with Crippen LogP contribution in [0.15, 0.2) is 18.2 Å². The summed E-state index contributed by atoms with van der Waals surface area (Å²) >= 11 is 3.37. The molecule has 0 atom stereocenters. The minimum absolute atomic E-state index is 0.170. The van der Waals surface area contributed by atoms with Crippen molar-refractivity contribution in [3.8, 4) is 0 Å². The number of alkyl halides is 1. The Hall–Kier alpha value is -0.610. The number of rotatable bonds is 6. The number of halogens is 2. The van der Waals surface area contributed by atoms with Gasteiger partial charge in [0.15, 0.2) is 0 Å². The fourth-order valence-corrected chi connectivity index (χ4v) is 2.11. The van der Waals surface area contributed by atoms with Crippen molar-refractivity contribution in [2.24, 2.45) is 0 Å². The molecule has 0 aromatic heterocycles. The summed E-state index contributed by atoms with van der Waals surface area (Å²) in [5, 5.41) is 0.661. The van der Waals surface area contributed by atoms with Crippen LogP contribution in [0.5, 0.6) is 0 Å². The molecule has 0 fully saturated rings. The van der Waals surface area contributed by atoms with Crippen molar-refractivity contribution in [1.82, 2.24) is 0 Å². The van der Waals surface area contributed by atoms with Gasteiger partial charge in [-0.15, -0.1) is 0 Å². The molecule has 16 heavy (non-hydrogen) atoms. The van der Waals surface area contributed by atoms with Crippen molar-refractivity contribution in [2.45, 2.75) is 11.8 Å². The highest BCUT2D eigenvalue weighted by Crippen LogP contribution is 2.25. The maximum atomic E-state index is 13.7. The van der Waals surface area contributed by atoms with Crippen LogP contribution < -0.4 is 4.90 Å². The van der Waals surface area contributed by atoms with Crippen molar-refractivity contribution in [3.63, 3.8) is 0 Å². The van der Waals surface area contributed by atoms with Crippen molar-refractivity contribution in [3.05, 3.63) is 29.6 Å². The Kier molecular flexibility index (Phi) is 5.77. The van der Waals surface area contributed by atoms with Gasteiger partial charge < -0.3 is 9.64 Å². The van der Waals surface area contributed by atoms with Gasteiger partial charge in [0.25, 0.3) is 0 Å². The summed E-state index contributed by atoms with van der Waals surface area (Å²) in [5.74, 6) is -0.170. The summed E-state index contributed by atoms with van der Waals surface area (Å²) in [6.07, 6.45) is 0.892. The standard InChI is InChI=1S/C12H17BrFNO/c1-15(7-4-8-16-2)12-10(9-13)5-3-6-11(12)14/h3,5-6H,4,7-9H2,1-2H3. The van der Waals surface area contributed by atoms with E-state index in [1.807, 2.05) is 18.0 Å². The molecule has 0 saturated heterocycles. The molecule has 0 heterocycles. The van der Waals surface area contributed by atoms with Crippen LogP contribution in [0.3, 0.4) is 0 Å². The average molecular weight is 290 g/mol. The van der Waals surface area contributed by atoms with E-state index in [4.69, 9.17) is 4.74 Å². The molecular weight excluding hydrogens is 273 g/mol. The quantitative estimate of drug-likeness (QED) is 0.589. The third-order valence-electron chi connectivity index (χ3n) is 2.44. The molecule has 0 aliphatic carbocycles. The number of anilines is 1. The van der Waals surface area contributed by atoms with Crippen LogP contribution in [0.2, 0.25) is 0 Å². The lowest BCUT2D eigenvalue weighted by molar-refractivity contribution is 0.196. The van der Waals surface area contributed by atoms with E-state index in [1.165, 1.54) is 6.07 Å². The van der Waals surface area contributed by atoms with Crippen LogP contribution >= 0.6 is 15.9 Å². The fourth-order valence-electron chi connectivity index (χ4n) is 1.65. The van der Waals surface area contributed by atoms with Crippen molar-refractivity contribution in [2.75, 3.05) is 32.2 Å². The molecule has 0 bridgehead atoms. The van der Waals surface area contributed by atoms with E-state index >= 15 is 0 Å². The Morgan fingerprint density at radius 1 is 1.44 bits per heavy atom. The van der Waals surface area contributed by atoms with E-state index in [-0.39, 0.29) is 5.82 Å². The van der Waals surface area contributed by atoms with E-state index in [1.54, 1.807) is 13.2 Å². The second-order valence-corrected chi connectivity index (χ2v) is 4.21. The Morgan fingerprint density at radius 2 is 2.19 bits per heavy atom. The molecule has 0 aliphatic heterocycles. The summed E-state index contributed by atoms with van der Waals surface area (Å²) in [5.41, 5.74) is 1.65. The molecule has 90 valence electrons. The summed E-state index contributed by atoms with van der Waals surface area (Å²) in [4.78, 5) is 1.94. The maximum absolute atomic E-state index is 13.7. The lowest BCUT2D eigenvalue weighted by atomic mass is 10.1. The molecule has 2 nitrogen and oxygen atoms in total. The Labute approximate surface area is 105 Å². The van der Waals surface area contributed by atoms with Gasteiger partial charge in [0.05, 0.1) is 5.69 Å². The van der Waals surface area contributed by atoms with Crippen LogP contribution in [0, 0.1) is 5.82 Å². The summed E-state index contributed by atoms with van der Waals surface area (Å²) < 4.78 is 18.7. The number of ether oxygens (including phenoxy) is 1. The fraction of sp³-hybridized carbons (Fsp3) is 0.500. The molecular formula is C12H17BrFNO. The van der Waals surface area contributed by atoms with Gasteiger partial charge in [-0.05, 0) is 18.1 Å². The zero-order chi connectivity index (χ0) is 12.0. The zero-order valence-corrected chi connectivity index (χ0v) is 11.3. The molecule has 4 heteroatoms. The van der Waals surface area contributed by atoms with Crippen molar-refractivity contribution >= 4 is 21.6 Å². The highest BCUT2D eigenvalue weighted by Gasteiger charge is 2.11. The largest absolute Gasteiger partial charge is 0.385 e. The first-order valence-electron chi connectivity index (χ1n) is 5.24. The predicted molar refractivity (Wildman–Crippen MR) is 68.8 cm³/mol. The normalized spacial score (nSPS) is 10.5. The number of nitrogens with zero attached hydrogens (tertiary/aromatic N) is 1. The minimum atomic E-state index is -0.170. The number of hydrogen-bond donors (Lipinski definition) is 0. The van der Waals surface area contributed by atoms with Gasteiger partial charge in [0, 0.05) is 32.6 Å². The zero-order valence-electron chi connectivity index (χ0n) is 9.67. The van der Waals surface area contributed by atoms with Crippen LogP contribution in [0.25, 0.3) is 0 Å². The Morgan fingerprint density at radius 3 is 2.81 bits per heavy atom. The number of para-hydroxylation sites is 1. The lowest BCUT2D eigenvalue weighted by Gasteiger charge is -2.22. The van der Waals surface area contributed by atoms with E-state index in [0.717, 1.165) is 18.5 Å². The SMILES string of the molecule is COCCCN(C)c1c(F)cccc1CBr. The molecule has 1 aromatic carbocycles. The van der Waals surface area contributed by atoms with Gasteiger partial charge in [-0.25, -0.2) is 4.39 Å². The smallest absolute Gasteiger partial charge is 0.146 e. The third-order valence-corrected chi connectivity index (χ3v) is 3.04. The summed E-state index contributed by atoms with van der Waals surface area (Å²) in [6, 6.07) is 5.16. The second-order valence-electron chi connectivity index (χ2n) is 3.65. The summed E-state index contributed by atoms with van der Waals surface area (Å²) in [7, 11) is 3.58. The molecule has 0 saturated carbocycles. The van der Waals surface area contributed by atoms with E-state index in [2.05, 4.69) is 15.9 Å². The second kappa shape index (κ2) is 6.86. The van der Waals surface area contributed by atoms with Crippen LogP contribution in [-0.4, -0.2) is 27.3 Å². The highest BCUT2D eigenvalue weighted by atomic mass is 79.9. The van der Waals surface area contributed by atoms with Gasteiger partial charge in [-0.3, -0.25) is 0 Å². The molecule has 0 N–H and O–H groups in total. The first-order chi connectivity index (χ1) is 7.70. The number of hydrogen-bond acceptors (Lipinski definition) is 2. The molecule has 1 rings (SSSR count). The van der Waals surface area contributed by atoms with Crippen LogP contribution in [-0.2, 0) is 10.1 Å². The average Bonchev–Trinajstić information content (AvgIpc) is 2.28. The van der Waals surface area contributed by atoms with Crippen molar-refractivity contribution in [1.29, 1.82) is 0 Å². The number of benzene rings is 1. The molecule has 0 unspecified atom stereocenters. The van der Waals surface area contributed by atoms with Crippen LogP contribution in [0.1, 0.15) is 12.0 Å². The first kappa shape index (κ1) is 13.5. The van der Waals surface area contributed by atoms with Crippen LogP contribution in [0.4, 0.5) is 10.1 Å². The highest BCUT2D eigenvalue weighted by molar-refractivity contribution is 9.08. The topological polar surface area (TPSA) is 12.5 Å². The summed E-state index contributed by atoms with van der Waals surface area (Å²) in [6.45, 7) is 1.48. The van der Waals surface area contributed by atoms with Gasteiger partial charge in [-0.2, -0.15) is 0 Å². The van der Waals surface area contributed by atoms with Gasteiger partial charge >= 0.3 is 0 Å². The predicted octanol–water partition coefficient (Wildman–Crippen LogP) is 3.19. The maximum Gasteiger partial charge on any atom is 0.146 e. The molecule has 0 spiro atoms. The van der Waals surface area contributed by atoms with Gasteiger partial charge in [-0.1, -0.05) is 28.1 Å². The molecule has 0 radical (unpaired) electrons. The monoisotopic (exact) mass is 289 g/mol. The number of methoxy groups -OCH3 is 1. The lowest BCUT2D eigenvalue weighted by Crippen LogP contribution is -2.22. The molecule has 0 aliphatic rings. The van der Waals surface area contributed by atoms with Gasteiger partial charge in [0.2, 0.25) is 0 Å². The third kappa shape index (κ3) is 3.46. The Bertz CT molecular complexity index is 333.